The average molecular weight is 347 g/mol. The molecule has 0 atom stereocenters. The maximum atomic E-state index is 12.3. The number of para-hydroxylation sites is 1. The minimum atomic E-state index is -0.178. The lowest BCUT2D eigenvalue weighted by atomic mass is 10.1. The lowest BCUT2D eigenvalue weighted by Crippen LogP contribution is -2.23. The van der Waals surface area contributed by atoms with Crippen molar-refractivity contribution in [2.75, 3.05) is 0 Å². The minimum Gasteiger partial charge on any atom is -0.438 e. The van der Waals surface area contributed by atoms with Crippen molar-refractivity contribution in [2.24, 2.45) is 0 Å². The summed E-state index contributed by atoms with van der Waals surface area (Å²) in [6, 6.07) is 11.5. The number of hydrogen-bond acceptors (Lipinski definition) is 4. The molecule has 26 heavy (non-hydrogen) atoms. The summed E-state index contributed by atoms with van der Waals surface area (Å²) in [6.07, 6.45) is 4.95. The number of carbonyl (C=O) groups is 1. The smallest absolute Gasteiger partial charge is 0.253 e. The molecule has 0 unspecified atom stereocenters. The summed E-state index contributed by atoms with van der Waals surface area (Å²) < 4.78 is 6.05. The maximum Gasteiger partial charge on any atom is 0.253 e. The first-order chi connectivity index (χ1) is 12.5. The van der Waals surface area contributed by atoms with Gasteiger partial charge in [0.2, 0.25) is 5.88 Å². The molecule has 0 spiro atoms. The van der Waals surface area contributed by atoms with Crippen LogP contribution in [0.4, 0.5) is 0 Å². The molecule has 0 aliphatic carbocycles. The van der Waals surface area contributed by atoms with E-state index in [9.17, 15) is 4.79 Å². The third-order valence-electron chi connectivity index (χ3n) is 4.03. The topological polar surface area (TPSA) is 64.1 Å². The van der Waals surface area contributed by atoms with E-state index >= 15 is 0 Å². The van der Waals surface area contributed by atoms with Crippen LogP contribution in [-0.2, 0) is 6.54 Å². The Morgan fingerprint density at radius 1 is 1.08 bits per heavy atom. The van der Waals surface area contributed by atoms with Crippen LogP contribution in [0.15, 0.2) is 55.0 Å². The van der Waals surface area contributed by atoms with E-state index in [2.05, 4.69) is 15.3 Å². The Balaban J connectivity index is 1.76. The summed E-state index contributed by atoms with van der Waals surface area (Å²) in [4.78, 5) is 20.7. The number of aromatic nitrogens is 2. The Morgan fingerprint density at radius 2 is 1.85 bits per heavy atom. The van der Waals surface area contributed by atoms with E-state index in [0.29, 0.717) is 18.0 Å². The second kappa shape index (κ2) is 7.78. The van der Waals surface area contributed by atoms with Crippen molar-refractivity contribution in [1.29, 1.82) is 0 Å². The Labute approximate surface area is 153 Å². The van der Waals surface area contributed by atoms with Gasteiger partial charge in [-0.25, -0.2) is 4.98 Å². The minimum absolute atomic E-state index is 0.178. The van der Waals surface area contributed by atoms with Crippen LogP contribution in [0.5, 0.6) is 11.6 Å². The Morgan fingerprint density at radius 3 is 2.58 bits per heavy atom. The molecular formula is C21H21N3O2. The predicted molar refractivity (Wildman–Crippen MR) is 100 cm³/mol. The number of rotatable bonds is 5. The van der Waals surface area contributed by atoms with Crippen LogP contribution in [-0.4, -0.2) is 15.9 Å². The maximum absolute atomic E-state index is 12.3. The average Bonchev–Trinajstić information content (AvgIpc) is 2.63. The fraction of sp³-hybridized carbons (Fsp3) is 0.190. The molecule has 5 nitrogen and oxygen atoms in total. The normalized spacial score (nSPS) is 10.4. The summed E-state index contributed by atoms with van der Waals surface area (Å²) in [7, 11) is 0. The van der Waals surface area contributed by atoms with Crippen LogP contribution in [0.2, 0.25) is 0 Å². The molecule has 0 radical (unpaired) electrons. The highest BCUT2D eigenvalue weighted by molar-refractivity contribution is 5.93. The highest BCUT2D eigenvalue weighted by Gasteiger charge is 2.12. The van der Waals surface area contributed by atoms with Crippen molar-refractivity contribution in [3.63, 3.8) is 0 Å². The predicted octanol–water partition coefficient (Wildman–Crippen LogP) is 4.12. The molecule has 1 aromatic carbocycles. The molecule has 0 saturated heterocycles. The van der Waals surface area contributed by atoms with Crippen molar-refractivity contribution >= 4 is 5.91 Å². The van der Waals surface area contributed by atoms with Crippen LogP contribution in [0.1, 0.15) is 32.6 Å². The van der Waals surface area contributed by atoms with Crippen molar-refractivity contribution in [3.05, 3.63) is 82.8 Å². The van der Waals surface area contributed by atoms with Crippen molar-refractivity contribution in [2.45, 2.75) is 27.3 Å². The van der Waals surface area contributed by atoms with Crippen LogP contribution in [0.3, 0.4) is 0 Å². The Bertz CT molecular complexity index is 918. The second-order valence-corrected chi connectivity index (χ2v) is 6.22. The zero-order valence-corrected chi connectivity index (χ0v) is 15.1. The summed E-state index contributed by atoms with van der Waals surface area (Å²) >= 11 is 0. The zero-order chi connectivity index (χ0) is 18.5. The van der Waals surface area contributed by atoms with Gasteiger partial charge in [-0.05, 0) is 49.6 Å². The molecule has 0 aliphatic heterocycles. The van der Waals surface area contributed by atoms with Crippen molar-refractivity contribution in [1.82, 2.24) is 15.3 Å². The van der Waals surface area contributed by atoms with Crippen molar-refractivity contribution in [3.8, 4) is 11.6 Å². The molecule has 5 heteroatoms. The van der Waals surface area contributed by atoms with Gasteiger partial charge < -0.3 is 10.1 Å². The number of ether oxygens (including phenoxy) is 1. The molecule has 132 valence electrons. The molecule has 0 saturated carbocycles. The number of carbonyl (C=O) groups excluding carboxylic acids is 1. The SMILES string of the molecule is Cc1cncc(C(=O)NCc2cccnc2Oc2c(C)cccc2C)c1. The molecule has 0 bridgehead atoms. The number of benzene rings is 1. The molecule has 0 aliphatic rings. The third-order valence-corrected chi connectivity index (χ3v) is 4.03. The van der Waals surface area contributed by atoms with Gasteiger partial charge in [-0.2, -0.15) is 0 Å². The van der Waals surface area contributed by atoms with Gasteiger partial charge in [-0.3, -0.25) is 9.78 Å². The monoisotopic (exact) mass is 347 g/mol. The van der Waals surface area contributed by atoms with Gasteiger partial charge in [0, 0.05) is 30.7 Å². The number of hydrogen-bond donors (Lipinski definition) is 1. The standard InChI is InChI=1S/C21H21N3O2/c1-14-10-18(12-22-11-14)20(25)24-13-17-8-5-9-23-21(17)26-19-15(2)6-4-7-16(19)3/h4-12H,13H2,1-3H3,(H,24,25). The van der Waals surface area contributed by atoms with Crippen LogP contribution < -0.4 is 10.1 Å². The lowest BCUT2D eigenvalue weighted by molar-refractivity contribution is 0.0950. The third kappa shape index (κ3) is 4.06. The molecule has 3 aromatic rings. The second-order valence-electron chi connectivity index (χ2n) is 6.22. The fourth-order valence-corrected chi connectivity index (χ4v) is 2.66. The number of pyridine rings is 2. The summed E-state index contributed by atoms with van der Waals surface area (Å²) in [5.41, 5.74) is 4.36. The van der Waals surface area contributed by atoms with E-state index in [1.165, 1.54) is 0 Å². The first kappa shape index (κ1) is 17.6. The molecule has 1 amide bonds. The van der Waals surface area contributed by atoms with Gasteiger partial charge >= 0.3 is 0 Å². The Hall–Kier alpha value is -3.21. The van der Waals surface area contributed by atoms with Gasteiger partial charge in [-0.15, -0.1) is 0 Å². The van der Waals surface area contributed by atoms with Gasteiger partial charge in [0.25, 0.3) is 5.91 Å². The molecule has 3 rings (SSSR count). The van der Waals surface area contributed by atoms with Crippen molar-refractivity contribution < 1.29 is 9.53 Å². The summed E-state index contributed by atoms with van der Waals surface area (Å²) in [6.45, 7) is 6.22. The van der Waals surface area contributed by atoms with Gasteiger partial charge in [0.05, 0.1) is 5.56 Å². The lowest BCUT2D eigenvalue weighted by Gasteiger charge is -2.14. The number of nitrogens with one attached hydrogen (secondary N) is 1. The number of aryl methyl sites for hydroxylation is 3. The first-order valence-electron chi connectivity index (χ1n) is 8.42. The van der Waals surface area contributed by atoms with Crippen LogP contribution in [0.25, 0.3) is 0 Å². The molecule has 2 aromatic heterocycles. The number of amides is 1. The van der Waals surface area contributed by atoms with Gasteiger partial charge in [-0.1, -0.05) is 24.3 Å². The van der Waals surface area contributed by atoms with E-state index < -0.39 is 0 Å². The Kier molecular flexibility index (Phi) is 5.27. The largest absolute Gasteiger partial charge is 0.438 e. The van der Waals surface area contributed by atoms with Gasteiger partial charge in [0.15, 0.2) is 0 Å². The quantitative estimate of drug-likeness (QED) is 0.754. The molecule has 2 heterocycles. The van der Waals surface area contributed by atoms with Crippen LogP contribution in [0, 0.1) is 20.8 Å². The highest BCUT2D eigenvalue weighted by atomic mass is 16.5. The molecular weight excluding hydrogens is 326 g/mol. The first-order valence-corrected chi connectivity index (χ1v) is 8.42. The molecule has 0 fully saturated rings. The summed E-state index contributed by atoms with van der Waals surface area (Å²) in [5.74, 6) is 1.11. The van der Waals surface area contributed by atoms with E-state index in [-0.39, 0.29) is 5.91 Å². The van der Waals surface area contributed by atoms with Crippen LogP contribution >= 0.6 is 0 Å². The molecule has 1 N–H and O–H groups in total. The van der Waals surface area contributed by atoms with E-state index in [4.69, 9.17) is 4.74 Å². The van der Waals surface area contributed by atoms with E-state index in [0.717, 1.165) is 28.0 Å². The zero-order valence-electron chi connectivity index (χ0n) is 15.1. The van der Waals surface area contributed by atoms with Gasteiger partial charge in [0.1, 0.15) is 5.75 Å². The van der Waals surface area contributed by atoms with E-state index in [1.54, 1.807) is 24.7 Å². The van der Waals surface area contributed by atoms with E-state index in [1.807, 2.05) is 51.1 Å². The summed E-state index contributed by atoms with van der Waals surface area (Å²) in [5, 5.41) is 2.90. The fourth-order valence-electron chi connectivity index (χ4n) is 2.66. The number of nitrogens with zero attached hydrogens (tertiary/aromatic N) is 2. The highest BCUT2D eigenvalue weighted by Crippen LogP contribution is 2.29.